The molecule has 1 aromatic carbocycles. The lowest BCUT2D eigenvalue weighted by atomic mass is 10.0. The van der Waals surface area contributed by atoms with Crippen LogP contribution in [0.4, 0.5) is 0 Å². The van der Waals surface area contributed by atoms with Crippen LogP contribution in [0.3, 0.4) is 0 Å². The van der Waals surface area contributed by atoms with Crippen LogP contribution in [0.25, 0.3) is 11.3 Å². The Labute approximate surface area is 117 Å². The van der Waals surface area contributed by atoms with Gasteiger partial charge in [-0.3, -0.25) is 0 Å². The van der Waals surface area contributed by atoms with Crippen molar-refractivity contribution in [3.8, 4) is 22.8 Å². The molecular formula is C14H15ClN2O2. The van der Waals surface area contributed by atoms with Crippen LogP contribution < -0.4 is 9.47 Å². The van der Waals surface area contributed by atoms with Crippen molar-refractivity contribution in [2.45, 2.75) is 13.3 Å². The number of methoxy groups -OCH3 is 2. The Morgan fingerprint density at radius 1 is 1.11 bits per heavy atom. The van der Waals surface area contributed by atoms with Crippen molar-refractivity contribution < 1.29 is 9.47 Å². The summed E-state index contributed by atoms with van der Waals surface area (Å²) in [6, 6.07) is 5.61. The molecule has 5 heteroatoms. The Balaban J connectivity index is 2.74. The van der Waals surface area contributed by atoms with Gasteiger partial charge in [0.05, 0.1) is 25.5 Å². The van der Waals surface area contributed by atoms with Crippen LogP contribution in [0.15, 0.2) is 24.5 Å². The Hall–Kier alpha value is -1.81. The molecule has 2 rings (SSSR count). The normalized spacial score (nSPS) is 10.3. The fourth-order valence-corrected chi connectivity index (χ4v) is 2.27. The highest BCUT2D eigenvalue weighted by atomic mass is 35.5. The van der Waals surface area contributed by atoms with E-state index in [-0.39, 0.29) is 0 Å². The summed E-state index contributed by atoms with van der Waals surface area (Å²) in [6.07, 6.45) is 2.18. The zero-order valence-corrected chi connectivity index (χ0v) is 11.9. The van der Waals surface area contributed by atoms with E-state index in [1.165, 1.54) is 6.33 Å². The van der Waals surface area contributed by atoms with E-state index in [4.69, 9.17) is 21.1 Å². The van der Waals surface area contributed by atoms with Crippen LogP contribution in [-0.4, -0.2) is 24.2 Å². The number of hydrogen-bond acceptors (Lipinski definition) is 4. The molecule has 19 heavy (non-hydrogen) atoms. The van der Waals surface area contributed by atoms with E-state index in [1.807, 2.05) is 25.1 Å². The Morgan fingerprint density at radius 3 is 2.26 bits per heavy atom. The average molecular weight is 279 g/mol. The first-order valence-corrected chi connectivity index (χ1v) is 6.31. The number of halogens is 1. The molecule has 0 aliphatic heterocycles. The number of rotatable bonds is 4. The topological polar surface area (TPSA) is 44.2 Å². The van der Waals surface area contributed by atoms with Gasteiger partial charge in [-0.25, -0.2) is 9.97 Å². The van der Waals surface area contributed by atoms with Crippen molar-refractivity contribution in [1.29, 1.82) is 0 Å². The zero-order valence-electron chi connectivity index (χ0n) is 11.1. The van der Waals surface area contributed by atoms with Crippen molar-refractivity contribution in [2.75, 3.05) is 14.2 Å². The lowest BCUT2D eigenvalue weighted by Gasteiger charge is -2.15. The molecule has 0 spiro atoms. The molecule has 1 heterocycles. The molecule has 0 aliphatic carbocycles. The standard InChI is InChI=1S/C14H15ClN2O2/c1-4-9-13(16-8-17-14(9)15)12-10(18-2)6-5-7-11(12)19-3/h5-8H,4H2,1-3H3. The fourth-order valence-electron chi connectivity index (χ4n) is 2.00. The van der Waals surface area contributed by atoms with E-state index in [1.54, 1.807) is 14.2 Å². The van der Waals surface area contributed by atoms with Crippen LogP contribution in [0.5, 0.6) is 11.5 Å². The Bertz CT molecular complexity index is 565. The molecule has 0 fully saturated rings. The second kappa shape index (κ2) is 5.89. The highest BCUT2D eigenvalue weighted by Gasteiger charge is 2.18. The molecule has 0 aliphatic rings. The lowest BCUT2D eigenvalue weighted by molar-refractivity contribution is 0.397. The first kappa shape index (κ1) is 13.6. The molecule has 0 unspecified atom stereocenters. The minimum Gasteiger partial charge on any atom is -0.496 e. The fraction of sp³-hybridized carbons (Fsp3) is 0.286. The average Bonchev–Trinajstić information content (AvgIpc) is 2.46. The molecule has 0 atom stereocenters. The van der Waals surface area contributed by atoms with Gasteiger partial charge in [-0.2, -0.15) is 0 Å². The van der Waals surface area contributed by atoms with Crippen LogP contribution in [0.2, 0.25) is 5.15 Å². The molecule has 2 aromatic rings. The quantitative estimate of drug-likeness (QED) is 0.804. The summed E-state index contributed by atoms with van der Waals surface area (Å²) < 4.78 is 10.8. The van der Waals surface area contributed by atoms with Crippen molar-refractivity contribution >= 4 is 11.6 Å². The van der Waals surface area contributed by atoms with Gasteiger partial charge in [-0.1, -0.05) is 24.6 Å². The molecule has 4 nitrogen and oxygen atoms in total. The molecule has 0 amide bonds. The SMILES string of the molecule is CCc1c(Cl)ncnc1-c1c(OC)cccc1OC. The summed E-state index contributed by atoms with van der Waals surface area (Å²) in [5.74, 6) is 1.40. The summed E-state index contributed by atoms with van der Waals surface area (Å²) >= 11 is 6.14. The summed E-state index contributed by atoms with van der Waals surface area (Å²) in [5, 5.41) is 0.459. The highest BCUT2D eigenvalue weighted by molar-refractivity contribution is 6.30. The summed E-state index contributed by atoms with van der Waals surface area (Å²) in [5.41, 5.74) is 2.43. The van der Waals surface area contributed by atoms with Crippen molar-refractivity contribution in [3.63, 3.8) is 0 Å². The van der Waals surface area contributed by atoms with Crippen LogP contribution in [-0.2, 0) is 6.42 Å². The van der Waals surface area contributed by atoms with Crippen molar-refractivity contribution in [3.05, 3.63) is 35.2 Å². The van der Waals surface area contributed by atoms with Gasteiger partial charge < -0.3 is 9.47 Å². The van der Waals surface area contributed by atoms with Crippen LogP contribution in [0, 0.1) is 0 Å². The lowest BCUT2D eigenvalue weighted by Crippen LogP contribution is -1.99. The van der Waals surface area contributed by atoms with Crippen LogP contribution >= 0.6 is 11.6 Å². The van der Waals surface area contributed by atoms with E-state index in [2.05, 4.69) is 9.97 Å². The third-order valence-electron chi connectivity index (χ3n) is 2.91. The molecule has 0 bridgehead atoms. The third kappa shape index (κ3) is 2.49. The van der Waals surface area contributed by atoms with E-state index >= 15 is 0 Å². The van der Waals surface area contributed by atoms with E-state index < -0.39 is 0 Å². The molecule has 1 aromatic heterocycles. The van der Waals surface area contributed by atoms with Gasteiger partial charge in [0, 0.05) is 5.56 Å². The Morgan fingerprint density at radius 2 is 1.74 bits per heavy atom. The minimum absolute atomic E-state index is 0.459. The summed E-state index contributed by atoms with van der Waals surface area (Å²) in [6.45, 7) is 2.01. The number of aromatic nitrogens is 2. The van der Waals surface area contributed by atoms with Crippen LogP contribution in [0.1, 0.15) is 12.5 Å². The maximum absolute atomic E-state index is 6.14. The predicted molar refractivity (Wildman–Crippen MR) is 75.0 cm³/mol. The van der Waals surface area contributed by atoms with Gasteiger partial charge in [0.1, 0.15) is 23.0 Å². The van der Waals surface area contributed by atoms with Gasteiger partial charge in [-0.15, -0.1) is 0 Å². The molecule has 0 saturated carbocycles. The molecule has 100 valence electrons. The third-order valence-corrected chi connectivity index (χ3v) is 3.24. The van der Waals surface area contributed by atoms with Crippen molar-refractivity contribution in [2.24, 2.45) is 0 Å². The van der Waals surface area contributed by atoms with E-state index in [0.717, 1.165) is 23.2 Å². The van der Waals surface area contributed by atoms with Gasteiger partial charge >= 0.3 is 0 Å². The largest absolute Gasteiger partial charge is 0.496 e. The van der Waals surface area contributed by atoms with Gasteiger partial charge in [0.2, 0.25) is 0 Å². The smallest absolute Gasteiger partial charge is 0.136 e. The first-order chi connectivity index (χ1) is 9.22. The van der Waals surface area contributed by atoms with Crippen molar-refractivity contribution in [1.82, 2.24) is 9.97 Å². The number of benzene rings is 1. The summed E-state index contributed by atoms with van der Waals surface area (Å²) in [4.78, 5) is 8.36. The first-order valence-electron chi connectivity index (χ1n) is 5.93. The van der Waals surface area contributed by atoms with Gasteiger partial charge in [-0.05, 0) is 18.6 Å². The van der Waals surface area contributed by atoms with E-state index in [9.17, 15) is 0 Å². The van der Waals surface area contributed by atoms with Gasteiger partial charge in [0.25, 0.3) is 0 Å². The highest BCUT2D eigenvalue weighted by Crippen LogP contribution is 2.39. The molecule has 0 N–H and O–H groups in total. The minimum atomic E-state index is 0.459. The van der Waals surface area contributed by atoms with E-state index in [0.29, 0.717) is 16.7 Å². The molecule has 0 radical (unpaired) electrons. The zero-order chi connectivity index (χ0) is 13.8. The van der Waals surface area contributed by atoms with Gasteiger partial charge in [0.15, 0.2) is 0 Å². The second-order valence-electron chi connectivity index (χ2n) is 3.88. The summed E-state index contributed by atoms with van der Waals surface area (Å²) in [7, 11) is 3.24. The number of ether oxygens (including phenoxy) is 2. The number of nitrogens with zero attached hydrogens (tertiary/aromatic N) is 2. The monoisotopic (exact) mass is 278 g/mol. The number of hydrogen-bond donors (Lipinski definition) is 0. The Kier molecular flexibility index (Phi) is 4.22. The maximum Gasteiger partial charge on any atom is 0.136 e. The predicted octanol–water partition coefficient (Wildman–Crippen LogP) is 3.38. The molecule has 0 saturated heterocycles. The second-order valence-corrected chi connectivity index (χ2v) is 4.24. The molecular weight excluding hydrogens is 264 g/mol. The maximum atomic E-state index is 6.14.